The van der Waals surface area contributed by atoms with Crippen molar-refractivity contribution in [3.63, 3.8) is 0 Å². The Bertz CT molecular complexity index is 789. The minimum Gasteiger partial charge on any atom is -0.467 e. The van der Waals surface area contributed by atoms with E-state index in [0.717, 1.165) is 22.0 Å². The third-order valence-electron chi connectivity index (χ3n) is 3.78. The molecule has 124 valence electrons. The van der Waals surface area contributed by atoms with Gasteiger partial charge in [-0.2, -0.15) is 0 Å². The van der Waals surface area contributed by atoms with E-state index in [2.05, 4.69) is 48.4 Å². The second-order valence-electron chi connectivity index (χ2n) is 5.94. The standard InChI is InChI=1S/C19H20N2O2S/c1-13(2)14-5-7-15(8-6-14)17-12-24-19(21-17)10-18(22)20-11-16-4-3-9-23-16/h3-9,12-13H,10-11H2,1-2H3,(H,20,22). The molecule has 24 heavy (non-hydrogen) atoms. The van der Waals surface area contributed by atoms with Crippen molar-refractivity contribution in [2.45, 2.75) is 32.7 Å². The van der Waals surface area contributed by atoms with Gasteiger partial charge in [-0.05, 0) is 23.6 Å². The minimum absolute atomic E-state index is 0.0533. The van der Waals surface area contributed by atoms with Crippen LogP contribution in [-0.4, -0.2) is 10.9 Å². The first-order valence-electron chi connectivity index (χ1n) is 7.95. The fourth-order valence-corrected chi connectivity index (χ4v) is 3.16. The quantitative estimate of drug-likeness (QED) is 0.724. The van der Waals surface area contributed by atoms with Gasteiger partial charge in [-0.15, -0.1) is 11.3 Å². The summed E-state index contributed by atoms with van der Waals surface area (Å²) in [6.45, 7) is 4.76. The van der Waals surface area contributed by atoms with Crippen LogP contribution in [0.3, 0.4) is 0 Å². The molecular formula is C19H20N2O2S. The summed E-state index contributed by atoms with van der Waals surface area (Å²) in [7, 11) is 0. The van der Waals surface area contributed by atoms with E-state index in [4.69, 9.17) is 4.42 Å². The van der Waals surface area contributed by atoms with Crippen molar-refractivity contribution in [3.8, 4) is 11.3 Å². The van der Waals surface area contributed by atoms with Crippen LogP contribution in [0.15, 0.2) is 52.5 Å². The van der Waals surface area contributed by atoms with Crippen LogP contribution in [0.1, 0.15) is 36.1 Å². The molecule has 0 radical (unpaired) electrons. The van der Waals surface area contributed by atoms with E-state index in [1.165, 1.54) is 16.9 Å². The van der Waals surface area contributed by atoms with Gasteiger partial charge >= 0.3 is 0 Å². The number of rotatable bonds is 6. The topological polar surface area (TPSA) is 55.1 Å². The van der Waals surface area contributed by atoms with E-state index < -0.39 is 0 Å². The predicted molar refractivity (Wildman–Crippen MR) is 95.9 cm³/mol. The molecule has 3 aromatic rings. The first kappa shape index (κ1) is 16.5. The van der Waals surface area contributed by atoms with Gasteiger partial charge in [0.1, 0.15) is 10.8 Å². The average molecular weight is 340 g/mol. The zero-order valence-corrected chi connectivity index (χ0v) is 14.6. The van der Waals surface area contributed by atoms with Crippen LogP contribution in [0.5, 0.6) is 0 Å². The molecule has 1 aromatic carbocycles. The van der Waals surface area contributed by atoms with Gasteiger partial charge in [0, 0.05) is 10.9 Å². The highest BCUT2D eigenvalue weighted by molar-refractivity contribution is 7.10. The average Bonchev–Trinajstić information content (AvgIpc) is 3.25. The molecule has 0 unspecified atom stereocenters. The van der Waals surface area contributed by atoms with Crippen molar-refractivity contribution in [1.82, 2.24) is 10.3 Å². The Hall–Kier alpha value is -2.40. The summed E-state index contributed by atoms with van der Waals surface area (Å²) in [5.74, 6) is 1.21. The van der Waals surface area contributed by atoms with E-state index in [0.29, 0.717) is 12.5 Å². The summed E-state index contributed by atoms with van der Waals surface area (Å²) in [6, 6.07) is 12.1. The van der Waals surface area contributed by atoms with E-state index in [9.17, 15) is 4.79 Å². The summed E-state index contributed by atoms with van der Waals surface area (Å²) in [4.78, 5) is 16.6. The molecule has 0 aliphatic heterocycles. The van der Waals surface area contributed by atoms with E-state index in [1.54, 1.807) is 12.3 Å². The van der Waals surface area contributed by atoms with Gasteiger partial charge in [0.05, 0.1) is 24.9 Å². The molecule has 5 heteroatoms. The maximum atomic E-state index is 12.0. The molecule has 2 heterocycles. The van der Waals surface area contributed by atoms with E-state index in [-0.39, 0.29) is 12.3 Å². The molecule has 0 saturated carbocycles. The lowest BCUT2D eigenvalue weighted by molar-refractivity contribution is -0.120. The largest absolute Gasteiger partial charge is 0.467 e. The second kappa shape index (κ2) is 7.45. The number of thiazole rings is 1. The Morgan fingerprint density at radius 3 is 2.71 bits per heavy atom. The highest BCUT2D eigenvalue weighted by atomic mass is 32.1. The number of benzene rings is 1. The predicted octanol–water partition coefficient (Wildman–Crippen LogP) is 4.39. The third kappa shape index (κ3) is 4.11. The monoisotopic (exact) mass is 340 g/mol. The Morgan fingerprint density at radius 2 is 2.04 bits per heavy atom. The van der Waals surface area contributed by atoms with Crippen LogP contribution < -0.4 is 5.32 Å². The fourth-order valence-electron chi connectivity index (χ4n) is 2.36. The smallest absolute Gasteiger partial charge is 0.227 e. The lowest BCUT2D eigenvalue weighted by Crippen LogP contribution is -2.24. The number of hydrogen-bond donors (Lipinski definition) is 1. The zero-order chi connectivity index (χ0) is 16.9. The molecule has 0 saturated heterocycles. The van der Waals surface area contributed by atoms with Gasteiger partial charge in [-0.3, -0.25) is 4.79 Å². The van der Waals surface area contributed by atoms with Crippen LogP contribution in [0.4, 0.5) is 0 Å². The summed E-state index contributed by atoms with van der Waals surface area (Å²) in [5.41, 5.74) is 3.31. The number of aromatic nitrogens is 1. The van der Waals surface area contributed by atoms with Crippen LogP contribution in [0, 0.1) is 0 Å². The molecule has 0 fully saturated rings. The summed E-state index contributed by atoms with van der Waals surface area (Å²) in [5, 5.41) is 5.65. The molecule has 4 nitrogen and oxygen atoms in total. The number of nitrogens with one attached hydrogen (secondary N) is 1. The Balaban J connectivity index is 1.59. The van der Waals surface area contributed by atoms with Crippen LogP contribution >= 0.6 is 11.3 Å². The summed E-state index contributed by atoms with van der Waals surface area (Å²) in [6.07, 6.45) is 1.88. The van der Waals surface area contributed by atoms with Gasteiger partial charge < -0.3 is 9.73 Å². The highest BCUT2D eigenvalue weighted by Gasteiger charge is 2.10. The molecule has 0 spiro atoms. The molecule has 0 bridgehead atoms. The number of carbonyl (C=O) groups excluding carboxylic acids is 1. The number of hydrogen-bond acceptors (Lipinski definition) is 4. The number of nitrogens with zero attached hydrogens (tertiary/aromatic N) is 1. The summed E-state index contributed by atoms with van der Waals surface area (Å²) >= 11 is 1.51. The van der Waals surface area contributed by atoms with E-state index in [1.807, 2.05) is 11.4 Å². The lowest BCUT2D eigenvalue weighted by Gasteiger charge is -2.05. The zero-order valence-electron chi connectivity index (χ0n) is 13.8. The highest BCUT2D eigenvalue weighted by Crippen LogP contribution is 2.24. The normalized spacial score (nSPS) is 11.0. The number of carbonyl (C=O) groups is 1. The number of amides is 1. The first-order valence-corrected chi connectivity index (χ1v) is 8.83. The Kier molecular flexibility index (Phi) is 5.11. The lowest BCUT2D eigenvalue weighted by atomic mass is 10.0. The van der Waals surface area contributed by atoms with Crippen molar-refractivity contribution >= 4 is 17.2 Å². The van der Waals surface area contributed by atoms with Gasteiger partial charge in [-0.25, -0.2) is 4.98 Å². The molecular weight excluding hydrogens is 320 g/mol. The van der Waals surface area contributed by atoms with Crippen LogP contribution in [0.2, 0.25) is 0 Å². The van der Waals surface area contributed by atoms with Crippen molar-refractivity contribution < 1.29 is 9.21 Å². The molecule has 1 N–H and O–H groups in total. The van der Waals surface area contributed by atoms with Gasteiger partial charge in [0.25, 0.3) is 0 Å². The third-order valence-corrected chi connectivity index (χ3v) is 4.63. The molecule has 0 atom stereocenters. The Labute approximate surface area is 145 Å². The van der Waals surface area contributed by atoms with Crippen LogP contribution in [0.25, 0.3) is 11.3 Å². The first-order chi connectivity index (χ1) is 11.6. The minimum atomic E-state index is -0.0533. The SMILES string of the molecule is CC(C)c1ccc(-c2csc(CC(=O)NCc3ccco3)n2)cc1. The van der Waals surface area contributed by atoms with Crippen molar-refractivity contribution in [3.05, 3.63) is 64.4 Å². The van der Waals surface area contributed by atoms with Crippen LogP contribution in [-0.2, 0) is 17.8 Å². The van der Waals surface area contributed by atoms with Crippen molar-refractivity contribution in [1.29, 1.82) is 0 Å². The fraction of sp³-hybridized carbons (Fsp3) is 0.263. The molecule has 0 aliphatic carbocycles. The van der Waals surface area contributed by atoms with Gasteiger partial charge in [0.2, 0.25) is 5.91 Å². The molecule has 1 amide bonds. The molecule has 3 rings (SSSR count). The van der Waals surface area contributed by atoms with Gasteiger partial charge in [-0.1, -0.05) is 38.1 Å². The maximum absolute atomic E-state index is 12.0. The number of furan rings is 1. The second-order valence-corrected chi connectivity index (χ2v) is 6.88. The molecule has 0 aliphatic rings. The molecule has 2 aromatic heterocycles. The summed E-state index contributed by atoms with van der Waals surface area (Å²) < 4.78 is 5.19. The van der Waals surface area contributed by atoms with E-state index >= 15 is 0 Å². The van der Waals surface area contributed by atoms with Gasteiger partial charge in [0.15, 0.2) is 0 Å². The Morgan fingerprint density at radius 1 is 1.25 bits per heavy atom. The van der Waals surface area contributed by atoms with Crippen molar-refractivity contribution in [2.75, 3.05) is 0 Å². The van der Waals surface area contributed by atoms with Crippen molar-refractivity contribution in [2.24, 2.45) is 0 Å². The maximum Gasteiger partial charge on any atom is 0.227 e.